The number of benzene rings is 1. The molecule has 1 aromatic heterocycles. The number of ether oxygens (including phenoxy) is 1. The fraction of sp³-hybridized carbons (Fsp3) is 0.471. The number of para-hydroxylation sites is 1. The predicted molar refractivity (Wildman–Crippen MR) is 87.4 cm³/mol. The Morgan fingerprint density at radius 3 is 3.04 bits per heavy atom. The first-order chi connectivity index (χ1) is 11.1. The number of aromatic nitrogens is 2. The molecule has 0 aliphatic carbocycles. The molecule has 1 aliphatic heterocycles. The molecular formula is C17H21N3O3. The van der Waals surface area contributed by atoms with Gasteiger partial charge in [0.2, 0.25) is 5.91 Å². The van der Waals surface area contributed by atoms with Crippen LogP contribution in [0.2, 0.25) is 0 Å². The van der Waals surface area contributed by atoms with Crippen molar-refractivity contribution >= 4 is 16.8 Å². The lowest BCUT2D eigenvalue weighted by Gasteiger charge is -2.31. The van der Waals surface area contributed by atoms with E-state index in [2.05, 4.69) is 4.98 Å². The number of nitrogens with zero attached hydrogens (tertiary/aromatic N) is 3. The van der Waals surface area contributed by atoms with Crippen molar-refractivity contribution in [2.45, 2.75) is 32.9 Å². The van der Waals surface area contributed by atoms with Crippen LogP contribution in [0.3, 0.4) is 0 Å². The third-order valence-electron chi connectivity index (χ3n) is 4.22. The number of rotatable bonds is 3. The number of morpholine rings is 1. The topological polar surface area (TPSA) is 64.4 Å². The van der Waals surface area contributed by atoms with E-state index in [4.69, 9.17) is 4.74 Å². The van der Waals surface area contributed by atoms with Crippen molar-refractivity contribution in [1.29, 1.82) is 0 Å². The van der Waals surface area contributed by atoms with Crippen LogP contribution in [-0.4, -0.2) is 46.2 Å². The molecule has 122 valence electrons. The van der Waals surface area contributed by atoms with Gasteiger partial charge in [-0.05, 0) is 25.5 Å². The second kappa shape index (κ2) is 6.50. The number of hydrogen-bond acceptors (Lipinski definition) is 4. The molecule has 2 heterocycles. The maximum atomic E-state index is 12.5. The van der Waals surface area contributed by atoms with E-state index >= 15 is 0 Å². The van der Waals surface area contributed by atoms with Crippen LogP contribution in [-0.2, 0) is 16.1 Å². The first-order valence-electron chi connectivity index (χ1n) is 7.90. The van der Waals surface area contributed by atoms with Crippen LogP contribution in [0.4, 0.5) is 0 Å². The van der Waals surface area contributed by atoms with Gasteiger partial charge in [-0.15, -0.1) is 0 Å². The van der Waals surface area contributed by atoms with Crippen LogP contribution in [0, 0.1) is 6.92 Å². The van der Waals surface area contributed by atoms with Crippen LogP contribution < -0.4 is 5.56 Å². The van der Waals surface area contributed by atoms with Crippen LogP contribution in [0.15, 0.2) is 29.3 Å². The second-order valence-corrected chi connectivity index (χ2v) is 5.99. The molecule has 6 nitrogen and oxygen atoms in total. The number of carbonyl (C=O) groups is 1. The molecule has 0 bridgehead atoms. The third-order valence-corrected chi connectivity index (χ3v) is 4.22. The van der Waals surface area contributed by atoms with Gasteiger partial charge in [0, 0.05) is 26.1 Å². The highest BCUT2D eigenvalue weighted by atomic mass is 16.5. The minimum atomic E-state index is -0.0955. The van der Waals surface area contributed by atoms with Crippen molar-refractivity contribution in [3.63, 3.8) is 0 Å². The Morgan fingerprint density at radius 2 is 2.26 bits per heavy atom. The highest BCUT2D eigenvalue weighted by Gasteiger charge is 2.21. The molecule has 0 radical (unpaired) electrons. The molecule has 1 saturated heterocycles. The van der Waals surface area contributed by atoms with Crippen molar-refractivity contribution in [1.82, 2.24) is 14.5 Å². The van der Waals surface area contributed by atoms with E-state index in [0.717, 1.165) is 11.1 Å². The van der Waals surface area contributed by atoms with Gasteiger partial charge in [0.15, 0.2) is 0 Å². The summed E-state index contributed by atoms with van der Waals surface area (Å²) in [6.07, 6.45) is 1.90. The van der Waals surface area contributed by atoms with Crippen molar-refractivity contribution in [2.75, 3.05) is 19.7 Å². The van der Waals surface area contributed by atoms with Crippen LogP contribution >= 0.6 is 0 Å². The molecule has 0 N–H and O–H groups in total. The molecule has 1 amide bonds. The standard InChI is InChI=1S/C17H21N3O3/c1-12-4-3-5-14-16(12)18-11-20(17(14)22)7-6-15(21)19-8-9-23-13(2)10-19/h3-5,11,13H,6-10H2,1-2H3/t13-/m0/s1. The van der Waals surface area contributed by atoms with Gasteiger partial charge in [-0.25, -0.2) is 4.98 Å². The lowest BCUT2D eigenvalue weighted by atomic mass is 10.1. The van der Waals surface area contributed by atoms with Crippen molar-refractivity contribution in [3.05, 3.63) is 40.4 Å². The molecule has 0 unspecified atom stereocenters. The Labute approximate surface area is 134 Å². The van der Waals surface area contributed by atoms with E-state index in [1.807, 2.05) is 26.0 Å². The SMILES string of the molecule is Cc1cccc2c(=O)n(CCC(=O)N3CCO[C@@H](C)C3)cnc12. The van der Waals surface area contributed by atoms with Gasteiger partial charge in [0.1, 0.15) is 0 Å². The van der Waals surface area contributed by atoms with Gasteiger partial charge in [-0.3, -0.25) is 14.2 Å². The Kier molecular flexibility index (Phi) is 4.43. The number of hydrogen-bond donors (Lipinski definition) is 0. The van der Waals surface area contributed by atoms with E-state index in [1.165, 1.54) is 10.9 Å². The summed E-state index contributed by atoms with van der Waals surface area (Å²) in [5.41, 5.74) is 1.61. The zero-order valence-electron chi connectivity index (χ0n) is 13.5. The Hall–Kier alpha value is -2.21. The summed E-state index contributed by atoms with van der Waals surface area (Å²) in [6, 6.07) is 5.56. The summed E-state index contributed by atoms with van der Waals surface area (Å²) in [7, 11) is 0. The summed E-state index contributed by atoms with van der Waals surface area (Å²) in [5, 5.41) is 0.597. The molecule has 23 heavy (non-hydrogen) atoms. The predicted octanol–water partition coefficient (Wildman–Crippen LogP) is 1.34. The molecule has 1 atom stereocenters. The highest BCUT2D eigenvalue weighted by Crippen LogP contribution is 2.11. The first-order valence-corrected chi connectivity index (χ1v) is 7.90. The Morgan fingerprint density at radius 1 is 1.43 bits per heavy atom. The fourth-order valence-electron chi connectivity index (χ4n) is 2.92. The van der Waals surface area contributed by atoms with Crippen molar-refractivity contribution < 1.29 is 9.53 Å². The lowest BCUT2D eigenvalue weighted by Crippen LogP contribution is -2.44. The first kappa shape index (κ1) is 15.7. The van der Waals surface area contributed by atoms with Crippen molar-refractivity contribution in [3.8, 4) is 0 Å². The summed E-state index contributed by atoms with van der Waals surface area (Å²) in [5.74, 6) is 0.0522. The average Bonchev–Trinajstić information content (AvgIpc) is 2.55. The van der Waals surface area contributed by atoms with E-state index in [9.17, 15) is 9.59 Å². The van der Waals surface area contributed by atoms with Crippen molar-refractivity contribution in [2.24, 2.45) is 0 Å². The molecule has 0 saturated carbocycles. The molecule has 3 rings (SSSR count). The molecule has 0 spiro atoms. The summed E-state index contributed by atoms with van der Waals surface area (Å²) >= 11 is 0. The third kappa shape index (κ3) is 3.27. The molecule has 1 fully saturated rings. The number of carbonyl (C=O) groups excluding carboxylic acids is 1. The monoisotopic (exact) mass is 315 g/mol. The van der Waals surface area contributed by atoms with E-state index < -0.39 is 0 Å². The normalized spacial score (nSPS) is 18.3. The van der Waals surface area contributed by atoms with Gasteiger partial charge in [0.25, 0.3) is 5.56 Å². The number of aryl methyl sites for hydroxylation is 2. The number of amides is 1. The minimum Gasteiger partial charge on any atom is -0.375 e. The maximum Gasteiger partial charge on any atom is 0.261 e. The maximum absolute atomic E-state index is 12.5. The van der Waals surface area contributed by atoms with Crippen LogP contribution in [0.5, 0.6) is 0 Å². The average molecular weight is 315 g/mol. The molecule has 1 aliphatic rings. The molecule has 2 aromatic rings. The summed E-state index contributed by atoms with van der Waals surface area (Å²) < 4.78 is 6.96. The Balaban J connectivity index is 1.73. The number of fused-ring (bicyclic) bond motifs is 1. The molecule has 1 aromatic carbocycles. The zero-order chi connectivity index (χ0) is 16.4. The van der Waals surface area contributed by atoms with Gasteiger partial charge in [0.05, 0.1) is 29.9 Å². The van der Waals surface area contributed by atoms with E-state index in [0.29, 0.717) is 38.0 Å². The quantitative estimate of drug-likeness (QED) is 0.857. The van der Waals surface area contributed by atoms with E-state index in [-0.39, 0.29) is 17.6 Å². The summed E-state index contributed by atoms with van der Waals surface area (Å²) in [6.45, 7) is 6.04. The largest absolute Gasteiger partial charge is 0.375 e. The second-order valence-electron chi connectivity index (χ2n) is 5.99. The zero-order valence-corrected chi connectivity index (χ0v) is 13.5. The van der Waals surface area contributed by atoms with Gasteiger partial charge < -0.3 is 9.64 Å². The van der Waals surface area contributed by atoms with E-state index in [1.54, 1.807) is 11.0 Å². The van der Waals surface area contributed by atoms with Gasteiger partial charge in [-0.2, -0.15) is 0 Å². The minimum absolute atomic E-state index is 0.0522. The van der Waals surface area contributed by atoms with Gasteiger partial charge >= 0.3 is 0 Å². The van der Waals surface area contributed by atoms with Crippen LogP contribution in [0.25, 0.3) is 10.9 Å². The smallest absolute Gasteiger partial charge is 0.261 e. The van der Waals surface area contributed by atoms with Gasteiger partial charge in [-0.1, -0.05) is 12.1 Å². The lowest BCUT2D eigenvalue weighted by molar-refractivity contribution is -0.138. The Bertz CT molecular complexity index is 784. The highest BCUT2D eigenvalue weighted by molar-refractivity contribution is 5.80. The molecule has 6 heteroatoms. The fourth-order valence-corrected chi connectivity index (χ4v) is 2.92. The van der Waals surface area contributed by atoms with Crippen LogP contribution in [0.1, 0.15) is 18.9 Å². The molecular weight excluding hydrogens is 294 g/mol. The summed E-state index contributed by atoms with van der Waals surface area (Å²) in [4.78, 5) is 30.9.